The first-order valence-corrected chi connectivity index (χ1v) is 7.02. The van der Waals surface area contributed by atoms with Gasteiger partial charge in [-0.15, -0.1) is 10.2 Å². The van der Waals surface area contributed by atoms with E-state index in [9.17, 15) is 0 Å². The summed E-state index contributed by atoms with van der Waals surface area (Å²) >= 11 is 3.16. The molecule has 0 spiro atoms. The molecular formula is C11H14N4S2. The fourth-order valence-electron chi connectivity index (χ4n) is 1.30. The highest BCUT2D eigenvalue weighted by Gasteiger charge is 2.06. The molecule has 2 rings (SSSR count). The molecule has 4 nitrogen and oxygen atoms in total. The second kappa shape index (κ2) is 5.57. The van der Waals surface area contributed by atoms with Gasteiger partial charge in [-0.2, -0.15) is 0 Å². The Bertz CT molecular complexity index is 480. The molecule has 0 aliphatic rings. The van der Waals surface area contributed by atoms with Crippen molar-refractivity contribution in [3.8, 4) is 0 Å². The summed E-state index contributed by atoms with van der Waals surface area (Å²) in [5.74, 6) is 0. The second-order valence-corrected chi connectivity index (χ2v) is 6.12. The molecule has 2 N–H and O–H groups in total. The van der Waals surface area contributed by atoms with Gasteiger partial charge < -0.3 is 5.73 Å². The Morgan fingerprint density at radius 2 is 2.24 bits per heavy atom. The van der Waals surface area contributed by atoms with Crippen LogP contribution in [-0.4, -0.2) is 15.2 Å². The van der Waals surface area contributed by atoms with Crippen molar-refractivity contribution >= 4 is 23.1 Å². The van der Waals surface area contributed by atoms with E-state index in [0.717, 1.165) is 26.4 Å². The first kappa shape index (κ1) is 12.5. The minimum Gasteiger partial charge on any atom is -0.323 e. The molecule has 0 amide bonds. The van der Waals surface area contributed by atoms with Gasteiger partial charge in [0, 0.05) is 17.1 Å². The van der Waals surface area contributed by atoms with Crippen molar-refractivity contribution in [2.75, 3.05) is 0 Å². The monoisotopic (exact) mass is 266 g/mol. The lowest BCUT2D eigenvalue weighted by molar-refractivity contribution is 0.674. The lowest BCUT2D eigenvalue weighted by Crippen LogP contribution is -2.10. The topological polar surface area (TPSA) is 64.7 Å². The molecule has 0 saturated carbocycles. The molecule has 0 aromatic carbocycles. The van der Waals surface area contributed by atoms with Gasteiger partial charge in [-0.25, -0.2) is 0 Å². The van der Waals surface area contributed by atoms with Crippen molar-refractivity contribution in [1.29, 1.82) is 0 Å². The van der Waals surface area contributed by atoms with Gasteiger partial charge in [0.15, 0.2) is 4.34 Å². The molecule has 2 aromatic rings. The molecule has 90 valence electrons. The average Bonchev–Trinajstić information content (AvgIpc) is 2.75. The zero-order valence-electron chi connectivity index (χ0n) is 9.75. The smallest absolute Gasteiger partial charge is 0.179 e. The van der Waals surface area contributed by atoms with E-state index in [0.29, 0.717) is 0 Å². The summed E-state index contributed by atoms with van der Waals surface area (Å²) in [7, 11) is 0. The highest BCUT2D eigenvalue weighted by Crippen LogP contribution is 2.29. The Hall–Kier alpha value is -0.980. The molecule has 0 aliphatic heterocycles. The van der Waals surface area contributed by atoms with Crippen LogP contribution >= 0.6 is 23.1 Å². The quantitative estimate of drug-likeness (QED) is 0.921. The van der Waals surface area contributed by atoms with Crippen LogP contribution in [0, 0.1) is 6.92 Å². The minimum atomic E-state index is 0.0258. The Kier molecular flexibility index (Phi) is 4.09. The first-order chi connectivity index (χ1) is 8.19. The standard InChI is InChI=1S/C11H14N4S2/c1-3-9(12)10-5-4-8(6-13-10)17-11-15-14-7(2)16-11/h4-6,9H,3,12H2,1-2H3/t9-/m1/s1. The Morgan fingerprint density at radius 1 is 1.41 bits per heavy atom. The highest BCUT2D eigenvalue weighted by molar-refractivity contribution is 8.01. The van der Waals surface area contributed by atoms with Crippen LogP contribution < -0.4 is 5.73 Å². The van der Waals surface area contributed by atoms with Crippen molar-refractivity contribution in [3.05, 3.63) is 29.0 Å². The average molecular weight is 266 g/mol. The van der Waals surface area contributed by atoms with Crippen LogP contribution in [0.1, 0.15) is 30.1 Å². The number of pyridine rings is 1. The van der Waals surface area contributed by atoms with E-state index in [2.05, 4.69) is 22.1 Å². The highest BCUT2D eigenvalue weighted by atomic mass is 32.2. The van der Waals surface area contributed by atoms with E-state index in [1.165, 1.54) is 0 Å². The van der Waals surface area contributed by atoms with Crippen LogP contribution in [-0.2, 0) is 0 Å². The fourth-order valence-corrected chi connectivity index (χ4v) is 3.06. The van der Waals surface area contributed by atoms with Gasteiger partial charge in [0.05, 0.1) is 5.69 Å². The van der Waals surface area contributed by atoms with Crippen LogP contribution in [0.4, 0.5) is 0 Å². The summed E-state index contributed by atoms with van der Waals surface area (Å²) < 4.78 is 0.942. The predicted molar refractivity (Wildman–Crippen MR) is 70.2 cm³/mol. The third-order valence-electron chi connectivity index (χ3n) is 2.29. The van der Waals surface area contributed by atoms with E-state index in [4.69, 9.17) is 5.73 Å². The van der Waals surface area contributed by atoms with Gasteiger partial charge >= 0.3 is 0 Å². The minimum absolute atomic E-state index is 0.0258. The molecule has 2 heterocycles. The van der Waals surface area contributed by atoms with E-state index in [1.807, 2.05) is 25.3 Å². The number of nitrogens with zero attached hydrogens (tertiary/aromatic N) is 3. The van der Waals surface area contributed by atoms with E-state index in [-0.39, 0.29) is 6.04 Å². The normalized spacial score (nSPS) is 12.6. The lowest BCUT2D eigenvalue weighted by atomic mass is 10.1. The fraction of sp³-hybridized carbons (Fsp3) is 0.364. The van der Waals surface area contributed by atoms with Crippen LogP contribution in [0.5, 0.6) is 0 Å². The maximum absolute atomic E-state index is 5.91. The SMILES string of the molecule is CC[C@@H](N)c1ccc(Sc2nnc(C)s2)cn1. The Labute approximate surface area is 109 Å². The summed E-state index contributed by atoms with van der Waals surface area (Å²) in [5.41, 5.74) is 6.85. The van der Waals surface area contributed by atoms with E-state index < -0.39 is 0 Å². The summed E-state index contributed by atoms with van der Waals surface area (Å²) in [5, 5.41) is 9.02. The van der Waals surface area contributed by atoms with Gasteiger partial charge in [-0.05, 0) is 25.5 Å². The molecule has 2 aromatic heterocycles. The summed E-state index contributed by atoms with van der Waals surface area (Å²) in [6.07, 6.45) is 2.74. The van der Waals surface area contributed by atoms with E-state index >= 15 is 0 Å². The molecule has 0 unspecified atom stereocenters. The lowest BCUT2D eigenvalue weighted by Gasteiger charge is -2.07. The third kappa shape index (κ3) is 3.24. The van der Waals surface area contributed by atoms with Crippen molar-refractivity contribution in [3.63, 3.8) is 0 Å². The Morgan fingerprint density at radius 3 is 2.76 bits per heavy atom. The Balaban J connectivity index is 2.08. The largest absolute Gasteiger partial charge is 0.323 e. The van der Waals surface area contributed by atoms with E-state index in [1.54, 1.807) is 23.1 Å². The first-order valence-electron chi connectivity index (χ1n) is 5.38. The van der Waals surface area contributed by atoms with Gasteiger partial charge in [0.25, 0.3) is 0 Å². The van der Waals surface area contributed by atoms with Crippen LogP contribution in [0.3, 0.4) is 0 Å². The maximum atomic E-state index is 5.91. The maximum Gasteiger partial charge on any atom is 0.179 e. The number of aryl methyl sites for hydroxylation is 1. The zero-order valence-corrected chi connectivity index (χ0v) is 11.4. The summed E-state index contributed by atoms with van der Waals surface area (Å²) in [4.78, 5) is 5.43. The number of aromatic nitrogens is 3. The molecule has 0 aliphatic carbocycles. The van der Waals surface area contributed by atoms with Crippen LogP contribution in [0.25, 0.3) is 0 Å². The van der Waals surface area contributed by atoms with Gasteiger partial charge in [-0.3, -0.25) is 4.98 Å². The molecule has 1 atom stereocenters. The molecule has 0 saturated heterocycles. The molecular weight excluding hydrogens is 252 g/mol. The number of rotatable bonds is 4. The predicted octanol–water partition coefficient (Wildman–Crippen LogP) is 2.80. The molecule has 0 radical (unpaired) electrons. The van der Waals surface area contributed by atoms with Crippen molar-refractivity contribution < 1.29 is 0 Å². The molecule has 17 heavy (non-hydrogen) atoms. The van der Waals surface area contributed by atoms with Crippen molar-refractivity contribution in [2.45, 2.75) is 35.5 Å². The van der Waals surface area contributed by atoms with Gasteiger partial charge in [0.2, 0.25) is 0 Å². The zero-order chi connectivity index (χ0) is 12.3. The number of nitrogens with two attached hydrogens (primary N) is 1. The molecule has 0 fully saturated rings. The second-order valence-electron chi connectivity index (χ2n) is 3.62. The van der Waals surface area contributed by atoms with Crippen molar-refractivity contribution in [1.82, 2.24) is 15.2 Å². The number of hydrogen-bond acceptors (Lipinski definition) is 6. The summed E-state index contributed by atoms with van der Waals surface area (Å²) in [6, 6.07) is 4.03. The van der Waals surface area contributed by atoms with Gasteiger partial charge in [0.1, 0.15) is 5.01 Å². The van der Waals surface area contributed by atoms with Crippen molar-refractivity contribution in [2.24, 2.45) is 5.73 Å². The van der Waals surface area contributed by atoms with Gasteiger partial charge in [-0.1, -0.05) is 30.0 Å². The molecule has 6 heteroatoms. The van der Waals surface area contributed by atoms with Crippen LogP contribution in [0.15, 0.2) is 27.6 Å². The van der Waals surface area contributed by atoms with Crippen LogP contribution in [0.2, 0.25) is 0 Å². The third-order valence-corrected chi connectivity index (χ3v) is 4.16. The summed E-state index contributed by atoms with van der Waals surface area (Å²) in [6.45, 7) is 4.00. The molecule has 0 bridgehead atoms. The number of hydrogen-bond donors (Lipinski definition) is 1.